The normalized spacial score (nSPS) is 25.9. The van der Waals surface area contributed by atoms with Gasteiger partial charge in [-0.2, -0.15) is 0 Å². The largest absolute Gasteiger partial charge is 0.469 e. The van der Waals surface area contributed by atoms with Crippen LogP contribution < -0.4 is 0 Å². The molecule has 0 aromatic heterocycles. The average molecular weight is 277 g/mol. The van der Waals surface area contributed by atoms with Crippen molar-refractivity contribution in [1.82, 2.24) is 4.90 Å². The number of carbonyl (C=O) groups excluding carboxylic acids is 2. The maximum absolute atomic E-state index is 12.0. The Labute approximate surface area is 107 Å². The third-order valence-corrected chi connectivity index (χ3v) is 4.90. The maximum atomic E-state index is 12.0. The van der Waals surface area contributed by atoms with Crippen LogP contribution >= 0.6 is 0 Å². The fourth-order valence-electron chi connectivity index (χ4n) is 2.05. The zero-order chi connectivity index (χ0) is 14.1. The molecule has 1 heterocycles. The molecule has 0 bridgehead atoms. The Kier molecular flexibility index (Phi) is 4.37. The first kappa shape index (κ1) is 14.9. The van der Waals surface area contributed by atoms with E-state index in [9.17, 15) is 18.0 Å². The van der Waals surface area contributed by atoms with Crippen LogP contribution in [0.1, 0.15) is 13.8 Å². The number of amides is 1. The Balaban J connectivity index is 2.78. The van der Waals surface area contributed by atoms with Crippen LogP contribution in [0.5, 0.6) is 0 Å². The number of nitrogens with zero attached hydrogens (tertiary/aromatic N) is 1. The summed E-state index contributed by atoms with van der Waals surface area (Å²) in [7, 11) is -2.10. The van der Waals surface area contributed by atoms with Crippen molar-refractivity contribution < 1.29 is 22.7 Å². The van der Waals surface area contributed by atoms with Crippen molar-refractivity contribution in [3.63, 3.8) is 0 Å². The summed E-state index contributed by atoms with van der Waals surface area (Å²) in [5.74, 6) is -1.19. The Hall–Kier alpha value is -1.11. The van der Waals surface area contributed by atoms with Crippen molar-refractivity contribution in [2.45, 2.75) is 19.1 Å². The van der Waals surface area contributed by atoms with Crippen LogP contribution in [0.25, 0.3) is 0 Å². The quantitative estimate of drug-likeness (QED) is 0.661. The highest BCUT2D eigenvalue weighted by Gasteiger charge is 2.40. The summed E-state index contributed by atoms with van der Waals surface area (Å²) in [6, 6.07) is 0. The van der Waals surface area contributed by atoms with Crippen molar-refractivity contribution in [3.8, 4) is 0 Å². The fraction of sp³-hybridized carbons (Fsp3) is 0.818. The van der Waals surface area contributed by atoms with Crippen LogP contribution in [-0.2, 0) is 24.2 Å². The number of rotatable bonds is 3. The maximum Gasteiger partial charge on any atom is 0.310 e. The van der Waals surface area contributed by atoms with Gasteiger partial charge in [0.25, 0.3) is 0 Å². The number of hydrogen-bond donors (Lipinski definition) is 0. The molecule has 1 fully saturated rings. The lowest BCUT2D eigenvalue weighted by Crippen LogP contribution is -2.40. The van der Waals surface area contributed by atoms with E-state index in [1.807, 2.05) is 6.92 Å². The predicted octanol–water partition coefficient (Wildman–Crippen LogP) is -0.313. The molecular formula is C11H19NO5S. The van der Waals surface area contributed by atoms with Gasteiger partial charge in [-0.1, -0.05) is 6.92 Å². The molecule has 6 nitrogen and oxygen atoms in total. The molecule has 1 saturated heterocycles. The van der Waals surface area contributed by atoms with Gasteiger partial charge in [0.05, 0.1) is 13.0 Å². The first-order valence-electron chi connectivity index (χ1n) is 5.74. The molecule has 18 heavy (non-hydrogen) atoms. The van der Waals surface area contributed by atoms with E-state index < -0.39 is 21.0 Å². The number of hydrogen-bond acceptors (Lipinski definition) is 5. The molecule has 1 rings (SSSR count). The molecule has 0 aromatic rings. The second-order valence-corrected chi connectivity index (χ2v) is 7.19. The molecule has 0 spiro atoms. The topological polar surface area (TPSA) is 80.8 Å². The van der Waals surface area contributed by atoms with E-state index in [4.69, 9.17) is 0 Å². The molecule has 7 heteroatoms. The number of carbonyl (C=O) groups is 2. The van der Waals surface area contributed by atoms with E-state index in [1.54, 1.807) is 0 Å². The van der Waals surface area contributed by atoms with Crippen LogP contribution in [0, 0.1) is 11.8 Å². The minimum absolute atomic E-state index is 0.0202. The van der Waals surface area contributed by atoms with E-state index in [0.29, 0.717) is 6.54 Å². The fourth-order valence-corrected chi connectivity index (χ4v) is 2.56. The van der Waals surface area contributed by atoms with Gasteiger partial charge in [-0.25, -0.2) is 8.42 Å². The SMILES string of the molecule is COC(=O)C1CN(C(=O)C(C)S(C)(=O)=O)CC1C. The summed E-state index contributed by atoms with van der Waals surface area (Å²) < 4.78 is 27.4. The van der Waals surface area contributed by atoms with Crippen LogP contribution in [-0.4, -0.2) is 56.9 Å². The van der Waals surface area contributed by atoms with Gasteiger partial charge >= 0.3 is 5.97 Å². The molecule has 0 saturated carbocycles. The van der Waals surface area contributed by atoms with E-state index in [2.05, 4.69) is 4.74 Å². The third-order valence-electron chi connectivity index (χ3n) is 3.42. The number of methoxy groups -OCH3 is 1. The van der Waals surface area contributed by atoms with E-state index >= 15 is 0 Å². The Morgan fingerprint density at radius 3 is 2.33 bits per heavy atom. The van der Waals surface area contributed by atoms with E-state index in [0.717, 1.165) is 6.26 Å². The van der Waals surface area contributed by atoms with Gasteiger partial charge in [-0.3, -0.25) is 9.59 Å². The molecule has 3 unspecified atom stereocenters. The zero-order valence-corrected chi connectivity index (χ0v) is 11.9. The molecule has 0 radical (unpaired) electrons. The van der Waals surface area contributed by atoms with Crippen molar-refractivity contribution in [2.75, 3.05) is 26.5 Å². The highest BCUT2D eigenvalue weighted by atomic mass is 32.2. The second-order valence-electron chi connectivity index (χ2n) is 4.82. The number of ether oxygens (including phenoxy) is 1. The molecule has 0 N–H and O–H groups in total. The van der Waals surface area contributed by atoms with Gasteiger partial charge in [-0.15, -0.1) is 0 Å². The summed E-state index contributed by atoms with van der Waals surface area (Å²) in [4.78, 5) is 24.9. The minimum Gasteiger partial charge on any atom is -0.469 e. The first-order chi connectivity index (χ1) is 8.18. The van der Waals surface area contributed by atoms with Crippen molar-refractivity contribution in [3.05, 3.63) is 0 Å². The van der Waals surface area contributed by atoms with Crippen LogP contribution in [0.15, 0.2) is 0 Å². The summed E-state index contributed by atoms with van der Waals surface area (Å²) >= 11 is 0. The standard InChI is InChI=1S/C11H19NO5S/c1-7-5-12(6-9(7)11(14)17-3)10(13)8(2)18(4,15)16/h7-9H,5-6H2,1-4H3. The molecule has 1 amide bonds. The molecule has 0 aromatic carbocycles. The Morgan fingerprint density at radius 1 is 1.33 bits per heavy atom. The van der Waals surface area contributed by atoms with E-state index in [1.165, 1.54) is 18.9 Å². The lowest BCUT2D eigenvalue weighted by Gasteiger charge is -2.19. The molecule has 3 atom stereocenters. The average Bonchev–Trinajstić information content (AvgIpc) is 2.67. The molecular weight excluding hydrogens is 258 g/mol. The summed E-state index contributed by atoms with van der Waals surface area (Å²) in [6.07, 6.45) is 1.03. The Morgan fingerprint density at radius 2 is 1.89 bits per heavy atom. The van der Waals surface area contributed by atoms with Crippen molar-refractivity contribution >= 4 is 21.7 Å². The van der Waals surface area contributed by atoms with Gasteiger partial charge in [0.1, 0.15) is 5.25 Å². The number of esters is 1. The molecule has 0 aliphatic carbocycles. The lowest BCUT2D eigenvalue weighted by molar-refractivity contribution is -0.146. The van der Waals surface area contributed by atoms with E-state index in [-0.39, 0.29) is 24.3 Å². The third kappa shape index (κ3) is 3.01. The van der Waals surface area contributed by atoms with Crippen molar-refractivity contribution in [2.24, 2.45) is 11.8 Å². The van der Waals surface area contributed by atoms with Gasteiger partial charge in [0.15, 0.2) is 9.84 Å². The number of sulfone groups is 1. The molecule has 1 aliphatic rings. The zero-order valence-electron chi connectivity index (χ0n) is 11.0. The monoisotopic (exact) mass is 277 g/mol. The smallest absolute Gasteiger partial charge is 0.310 e. The number of likely N-dealkylation sites (tertiary alicyclic amines) is 1. The summed E-state index contributed by atoms with van der Waals surface area (Å²) in [6.45, 7) is 3.83. The molecule has 104 valence electrons. The van der Waals surface area contributed by atoms with Crippen LogP contribution in [0.2, 0.25) is 0 Å². The van der Waals surface area contributed by atoms with Gasteiger partial charge < -0.3 is 9.64 Å². The second kappa shape index (κ2) is 5.26. The van der Waals surface area contributed by atoms with Crippen molar-refractivity contribution in [1.29, 1.82) is 0 Å². The lowest BCUT2D eigenvalue weighted by atomic mass is 9.99. The first-order valence-corrected chi connectivity index (χ1v) is 7.69. The summed E-state index contributed by atoms with van der Waals surface area (Å²) in [5, 5.41) is -1.07. The predicted molar refractivity (Wildman–Crippen MR) is 65.6 cm³/mol. The minimum atomic E-state index is -3.41. The Bertz CT molecular complexity index is 444. The van der Waals surface area contributed by atoms with Crippen LogP contribution in [0.3, 0.4) is 0 Å². The molecule has 1 aliphatic heterocycles. The van der Waals surface area contributed by atoms with Crippen LogP contribution in [0.4, 0.5) is 0 Å². The van der Waals surface area contributed by atoms with Gasteiger partial charge in [-0.05, 0) is 12.8 Å². The van der Waals surface area contributed by atoms with Gasteiger partial charge in [0.2, 0.25) is 5.91 Å². The van der Waals surface area contributed by atoms with Gasteiger partial charge in [0, 0.05) is 19.3 Å². The summed E-state index contributed by atoms with van der Waals surface area (Å²) in [5.41, 5.74) is 0. The highest BCUT2D eigenvalue weighted by Crippen LogP contribution is 2.25. The highest BCUT2D eigenvalue weighted by molar-refractivity contribution is 7.92.